The summed E-state index contributed by atoms with van der Waals surface area (Å²) >= 11 is 0. The lowest BCUT2D eigenvalue weighted by molar-refractivity contribution is 0.369. The van der Waals surface area contributed by atoms with Gasteiger partial charge in [0.05, 0.1) is 0 Å². The first-order chi connectivity index (χ1) is 13.4. The molecule has 156 valence electrons. The van der Waals surface area contributed by atoms with Crippen molar-refractivity contribution in [3.63, 3.8) is 0 Å². The minimum Gasteiger partial charge on any atom is -0.716 e. The second-order valence-corrected chi connectivity index (χ2v) is 8.99. The van der Waals surface area contributed by atoms with Gasteiger partial charge in [0.2, 0.25) is 0 Å². The van der Waals surface area contributed by atoms with Crippen LogP contribution in [0, 0.1) is 5.92 Å². The highest BCUT2D eigenvalue weighted by Gasteiger charge is 2.23. The number of hydrogen-bond donors (Lipinski definition) is 0. The highest BCUT2D eigenvalue weighted by molar-refractivity contribution is 7.81. The van der Waals surface area contributed by atoms with Crippen LogP contribution in [0.3, 0.4) is 0 Å². The van der Waals surface area contributed by atoms with E-state index in [-0.39, 0.29) is 23.3 Å². The number of rotatable bonds is 5. The summed E-state index contributed by atoms with van der Waals surface area (Å²) in [6.07, 6.45) is 4.13. The van der Waals surface area contributed by atoms with Crippen LogP contribution in [0.25, 0.3) is 12.2 Å². The molecule has 1 atom stereocenters. The molecule has 0 saturated carbocycles. The Balaban J connectivity index is 2.08. The van der Waals surface area contributed by atoms with Crippen LogP contribution in [-0.4, -0.2) is 25.9 Å². The van der Waals surface area contributed by atoms with Crippen molar-refractivity contribution in [3.05, 3.63) is 58.7 Å². The van der Waals surface area contributed by atoms with Crippen LogP contribution in [0.2, 0.25) is 0 Å². The second-order valence-electron chi connectivity index (χ2n) is 7.02. The third-order valence-corrected chi connectivity index (χ3v) is 5.45. The molecule has 29 heavy (non-hydrogen) atoms. The minimum absolute atomic E-state index is 0.0758. The predicted octanol–water partition coefficient (Wildman–Crippen LogP) is 2.83. The Labute approximate surface area is 169 Å². The predicted molar refractivity (Wildman–Crippen MR) is 104 cm³/mol. The molecule has 0 fully saturated rings. The fraction of sp³-hybridized carbons (Fsp3) is 0.263. The molecule has 0 heterocycles. The summed E-state index contributed by atoms with van der Waals surface area (Å²) in [5, 5.41) is 0. The van der Waals surface area contributed by atoms with E-state index < -0.39 is 20.8 Å². The van der Waals surface area contributed by atoms with Crippen LogP contribution in [0.5, 0.6) is 11.5 Å². The summed E-state index contributed by atoms with van der Waals surface area (Å²) in [5.74, 6) is -0.149. The SMILES string of the molecule is CC(C)C1Cc2cc(OS(=O)(=O)[O-])ccc2/C=C\c2ccc(OS(=O)(=O)[O-])cc21. The fourth-order valence-electron chi connectivity index (χ4n) is 3.41. The Kier molecular flexibility index (Phi) is 5.72. The van der Waals surface area contributed by atoms with Crippen molar-refractivity contribution < 1.29 is 34.3 Å². The maximum Gasteiger partial charge on any atom is 0.262 e. The Bertz CT molecular complexity index is 1160. The van der Waals surface area contributed by atoms with Crippen LogP contribution < -0.4 is 8.37 Å². The van der Waals surface area contributed by atoms with Crippen LogP contribution in [-0.2, 0) is 27.2 Å². The molecule has 0 saturated heterocycles. The summed E-state index contributed by atoms with van der Waals surface area (Å²) in [4.78, 5) is 0. The molecular formula is C19H18O8S2-2. The largest absolute Gasteiger partial charge is 0.716 e. The first-order valence-corrected chi connectivity index (χ1v) is 11.3. The van der Waals surface area contributed by atoms with Crippen molar-refractivity contribution in [3.8, 4) is 11.5 Å². The molecule has 0 bridgehead atoms. The molecule has 0 radical (unpaired) electrons. The van der Waals surface area contributed by atoms with Gasteiger partial charge in [0.15, 0.2) is 0 Å². The van der Waals surface area contributed by atoms with E-state index in [4.69, 9.17) is 0 Å². The van der Waals surface area contributed by atoms with Gasteiger partial charge in [0.25, 0.3) is 20.8 Å². The van der Waals surface area contributed by atoms with Gasteiger partial charge in [-0.15, -0.1) is 0 Å². The molecule has 8 nitrogen and oxygen atoms in total. The lowest BCUT2D eigenvalue weighted by Crippen LogP contribution is -2.15. The Hall–Kier alpha value is -2.40. The summed E-state index contributed by atoms with van der Waals surface area (Å²) < 4.78 is 74.5. The van der Waals surface area contributed by atoms with Crippen LogP contribution in [0.4, 0.5) is 0 Å². The van der Waals surface area contributed by atoms with Gasteiger partial charge in [0.1, 0.15) is 11.5 Å². The Morgan fingerprint density at radius 3 is 1.93 bits per heavy atom. The molecule has 0 amide bonds. The van der Waals surface area contributed by atoms with Gasteiger partial charge >= 0.3 is 0 Å². The minimum atomic E-state index is -4.90. The van der Waals surface area contributed by atoms with Gasteiger partial charge in [-0.2, -0.15) is 0 Å². The maximum absolute atomic E-state index is 10.9. The molecule has 3 rings (SSSR count). The van der Waals surface area contributed by atoms with E-state index in [1.54, 1.807) is 12.1 Å². The highest BCUT2D eigenvalue weighted by atomic mass is 32.3. The van der Waals surface area contributed by atoms with Crippen molar-refractivity contribution in [2.45, 2.75) is 26.2 Å². The van der Waals surface area contributed by atoms with Gasteiger partial charge < -0.3 is 17.5 Å². The lowest BCUT2D eigenvalue weighted by atomic mass is 9.79. The maximum atomic E-state index is 10.9. The smallest absolute Gasteiger partial charge is 0.262 e. The number of benzene rings is 2. The quantitative estimate of drug-likeness (QED) is 0.514. The highest BCUT2D eigenvalue weighted by Crippen LogP contribution is 2.38. The first kappa shape index (κ1) is 21.3. The van der Waals surface area contributed by atoms with Crippen LogP contribution >= 0.6 is 0 Å². The van der Waals surface area contributed by atoms with Crippen molar-refractivity contribution in [1.29, 1.82) is 0 Å². The summed E-state index contributed by atoms with van der Waals surface area (Å²) in [7, 11) is -9.79. The zero-order valence-electron chi connectivity index (χ0n) is 15.6. The molecule has 2 aromatic rings. The molecule has 1 aliphatic carbocycles. The summed E-state index contributed by atoms with van der Waals surface area (Å²) in [5.41, 5.74) is 3.22. The molecule has 10 heteroatoms. The molecule has 0 spiro atoms. The standard InChI is InChI=1S/C19H20O8S2/c1-12(2)18-10-15-9-16(26-28(20,21)22)7-5-13(15)3-4-14-6-8-17(11-19(14)18)27-29(23,24)25/h3-9,11-12,18H,10H2,1-2H3,(H,20,21,22)(H,23,24,25)/p-2/b4-3-. The monoisotopic (exact) mass is 438 g/mol. The molecule has 1 aliphatic rings. The van der Waals surface area contributed by atoms with Gasteiger partial charge in [-0.3, -0.25) is 0 Å². The molecular weight excluding hydrogens is 420 g/mol. The van der Waals surface area contributed by atoms with E-state index in [2.05, 4.69) is 8.37 Å². The normalized spacial score (nSPS) is 17.6. The van der Waals surface area contributed by atoms with Gasteiger partial charge in [-0.25, -0.2) is 16.8 Å². The van der Waals surface area contributed by atoms with E-state index in [9.17, 15) is 25.9 Å². The van der Waals surface area contributed by atoms with Gasteiger partial charge in [0, 0.05) is 0 Å². The fourth-order valence-corrected chi connectivity index (χ4v) is 4.09. The Morgan fingerprint density at radius 1 is 0.862 bits per heavy atom. The average Bonchev–Trinajstić information content (AvgIpc) is 2.54. The van der Waals surface area contributed by atoms with E-state index in [0.29, 0.717) is 6.42 Å². The summed E-state index contributed by atoms with van der Waals surface area (Å²) in [6.45, 7) is 3.97. The van der Waals surface area contributed by atoms with Crippen molar-refractivity contribution >= 4 is 33.0 Å². The zero-order valence-corrected chi connectivity index (χ0v) is 17.2. The lowest BCUT2D eigenvalue weighted by Gasteiger charge is -2.27. The number of hydrogen-bond acceptors (Lipinski definition) is 8. The molecule has 0 N–H and O–H groups in total. The molecule has 2 aromatic carbocycles. The number of fused-ring (bicyclic) bond motifs is 2. The Morgan fingerprint density at radius 2 is 1.38 bits per heavy atom. The average molecular weight is 438 g/mol. The van der Waals surface area contributed by atoms with E-state index in [1.165, 1.54) is 24.3 Å². The van der Waals surface area contributed by atoms with Gasteiger partial charge in [-0.1, -0.05) is 38.1 Å². The van der Waals surface area contributed by atoms with Crippen molar-refractivity contribution in [2.75, 3.05) is 0 Å². The van der Waals surface area contributed by atoms with E-state index in [1.807, 2.05) is 26.0 Å². The third-order valence-electron chi connectivity index (χ3n) is 4.66. The molecule has 1 unspecified atom stereocenters. The third kappa shape index (κ3) is 5.57. The van der Waals surface area contributed by atoms with E-state index in [0.717, 1.165) is 22.3 Å². The van der Waals surface area contributed by atoms with Crippen LogP contribution in [0.1, 0.15) is 42.0 Å². The molecule has 0 aromatic heterocycles. The topological polar surface area (TPSA) is 133 Å². The first-order valence-electron chi connectivity index (χ1n) is 8.67. The van der Waals surface area contributed by atoms with Crippen molar-refractivity contribution in [1.82, 2.24) is 0 Å². The zero-order chi connectivity index (χ0) is 21.4. The van der Waals surface area contributed by atoms with Crippen LogP contribution in [0.15, 0.2) is 36.4 Å². The second kappa shape index (κ2) is 7.79. The van der Waals surface area contributed by atoms with E-state index >= 15 is 0 Å². The summed E-state index contributed by atoms with van der Waals surface area (Å²) in [6, 6.07) is 9.17. The molecule has 0 aliphatic heterocycles. The van der Waals surface area contributed by atoms with Gasteiger partial charge in [-0.05, 0) is 64.8 Å². The van der Waals surface area contributed by atoms with Crippen molar-refractivity contribution in [2.24, 2.45) is 5.92 Å².